The normalized spacial score (nSPS) is 10.7. The second-order valence-corrected chi connectivity index (χ2v) is 6.66. The van der Waals surface area contributed by atoms with E-state index in [-0.39, 0.29) is 40.8 Å². The van der Waals surface area contributed by atoms with Gasteiger partial charge in [-0.1, -0.05) is 11.8 Å². The summed E-state index contributed by atoms with van der Waals surface area (Å²) in [6.07, 6.45) is 0. The van der Waals surface area contributed by atoms with Crippen LogP contribution in [0.2, 0.25) is 0 Å². The molecule has 1 aromatic rings. The number of nitrogens with one attached hydrogen (secondary N) is 1. The Morgan fingerprint density at radius 1 is 1.48 bits per heavy atom. The van der Waals surface area contributed by atoms with Crippen LogP contribution >= 0.6 is 11.8 Å². The Morgan fingerprint density at radius 2 is 2.13 bits per heavy atom. The Bertz CT molecular complexity index is 647. The molecule has 0 aromatic carbocycles. The van der Waals surface area contributed by atoms with Crippen molar-refractivity contribution in [2.75, 3.05) is 18.1 Å². The Labute approximate surface area is 139 Å². The molecule has 0 atom stereocenters. The highest BCUT2D eigenvalue weighted by Gasteiger charge is 2.19. The minimum absolute atomic E-state index is 0.0267. The van der Waals surface area contributed by atoms with Gasteiger partial charge in [0.05, 0.1) is 17.9 Å². The summed E-state index contributed by atoms with van der Waals surface area (Å²) in [5.41, 5.74) is 5.64. The lowest BCUT2D eigenvalue weighted by Gasteiger charge is -2.20. The van der Waals surface area contributed by atoms with E-state index < -0.39 is 5.97 Å². The average Bonchev–Trinajstić information content (AvgIpc) is 2.43. The van der Waals surface area contributed by atoms with Gasteiger partial charge < -0.3 is 15.8 Å². The van der Waals surface area contributed by atoms with Crippen molar-refractivity contribution < 1.29 is 14.3 Å². The number of nitrogen functional groups attached to an aromatic ring is 1. The fourth-order valence-electron chi connectivity index (χ4n) is 1.66. The predicted octanol–water partition coefficient (Wildman–Crippen LogP) is 1.72. The SMILES string of the molecule is CCOC(=O)c1cc(C#N)c(SCC(=O)NC(C)(C)C)nc1N. The molecule has 0 fully saturated rings. The first-order valence-electron chi connectivity index (χ1n) is 6.99. The van der Waals surface area contributed by atoms with Crippen molar-refractivity contribution in [2.45, 2.75) is 38.3 Å². The van der Waals surface area contributed by atoms with Crippen LogP contribution in [0.3, 0.4) is 0 Å². The topological polar surface area (TPSA) is 118 Å². The number of nitriles is 1. The van der Waals surface area contributed by atoms with Crippen molar-refractivity contribution in [2.24, 2.45) is 0 Å². The summed E-state index contributed by atoms with van der Waals surface area (Å²) in [4.78, 5) is 27.6. The van der Waals surface area contributed by atoms with E-state index in [9.17, 15) is 14.9 Å². The third-order valence-corrected chi connectivity index (χ3v) is 3.48. The molecule has 0 radical (unpaired) electrons. The summed E-state index contributed by atoms with van der Waals surface area (Å²) >= 11 is 1.09. The van der Waals surface area contributed by atoms with Crippen LogP contribution in [0.4, 0.5) is 5.82 Å². The molecule has 0 unspecified atom stereocenters. The van der Waals surface area contributed by atoms with Gasteiger partial charge in [0.1, 0.15) is 22.5 Å². The molecule has 7 nitrogen and oxygen atoms in total. The first-order valence-corrected chi connectivity index (χ1v) is 7.98. The number of rotatable bonds is 5. The lowest BCUT2D eigenvalue weighted by Crippen LogP contribution is -2.41. The first-order chi connectivity index (χ1) is 10.7. The maximum atomic E-state index is 11.8. The van der Waals surface area contributed by atoms with E-state index in [0.29, 0.717) is 5.03 Å². The smallest absolute Gasteiger partial charge is 0.341 e. The molecule has 0 aliphatic rings. The van der Waals surface area contributed by atoms with Gasteiger partial charge >= 0.3 is 5.97 Å². The van der Waals surface area contributed by atoms with Gasteiger partial charge in [0.25, 0.3) is 0 Å². The van der Waals surface area contributed by atoms with Crippen molar-refractivity contribution in [3.63, 3.8) is 0 Å². The molecule has 1 rings (SSSR count). The number of hydrogen-bond acceptors (Lipinski definition) is 7. The standard InChI is InChI=1S/C15H20N4O3S/c1-5-22-14(21)10-6-9(7-16)13(18-12(10)17)23-8-11(20)19-15(2,3)4/h6H,5,8H2,1-4H3,(H2,17,18)(H,19,20). The number of thioether (sulfide) groups is 1. The molecule has 0 aliphatic carbocycles. The summed E-state index contributed by atoms with van der Waals surface area (Å²) in [6, 6.07) is 3.29. The molecule has 0 aliphatic heterocycles. The fraction of sp³-hybridized carbons (Fsp3) is 0.467. The number of esters is 1. The molecule has 1 amide bonds. The molecule has 1 heterocycles. The first kappa shape index (κ1) is 18.8. The number of hydrogen-bond donors (Lipinski definition) is 2. The number of carbonyl (C=O) groups is 2. The zero-order valence-corrected chi connectivity index (χ0v) is 14.4. The van der Waals surface area contributed by atoms with E-state index in [1.165, 1.54) is 6.07 Å². The lowest BCUT2D eigenvalue weighted by atomic mass is 10.1. The van der Waals surface area contributed by atoms with Gasteiger partial charge in [-0.15, -0.1) is 0 Å². The number of aromatic nitrogens is 1. The van der Waals surface area contributed by atoms with Crippen molar-refractivity contribution in [3.8, 4) is 6.07 Å². The zero-order valence-electron chi connectivity index (χ0n) is 13.6. The average molecular weight is 336 g/mol. The van der Waals surface area contributed by atoms with Crippen LogP contribution in [-0.4, -0.2) is 34.8 Å². The van der Waals surface area contributed by atoms with Crippen molar-refractivity contribution >= 4 is 29.5 Å². The molecule has 124 valence electrons. The summed E-state index contributed by atoms with van der Waals surface area (Å²) in [5, 5.41) is 12.3. The number of pyridine rings is 1. The van der Waals surface area contributed by atoms with E-state index >= 15 is 0 Å². The fourth-order valence-corrected chi connectivity index (χ4v) is 2.42. The van der Waals surface area contributed by atoms with Crippen LogP contribution in [0.1, 0.15) is 43.6 Å². The molecule has 0 saturated carbocycles. The molecule has 3 N–H and O–H groups in total. The summed E-state index contributed by atoms with van der Waals surface area (Å²) in [5.74, 6) is -0.740. The molecular weight excluding hydrogens is 316 g/mol. The maximum absolute atomic E-state index is 11.8. The highest BCUT2D eigenvalue weighted by molar-refractivity contribution is 8.00. The third-order valence-electron chi connectivity index (χ3n) is 2.49. The largest absolute Gasteiger partial charge is 0.462 e. The zero-order chi connectivity index (χ0) is 17.6. The van der Waals surface area contributed by atoms with Crippen LogP contribution in [0.25, 0.3) is 0 Å². The van der Waals surface area contributed by atoms with Crippen LogP contribution in [-0.2, 0) is 9.53 Å². The summed E-state index contributed by atoms with van der Waals surface area (Å²) < 4.78 is 4.86. The molecule has 0 saturated heterocycles. The van der Waals surface area contributed by atoms with Gasteiger partial charge in [0, 0.05) is 5.54 Å². The van der Waals surface area contributed by atoms with E-state index in [0.717, 1.165) is 11.8 Å². The maximum Gasteiger partial charge on any atom is 0.341 e. The van der Waals surface area contributed by atoms with Crippen LogP contribution < -0.4 is 11.1 Å². The minimum atomic E-state index is -0.629. The molecule has 0 spiro atoms. The molecule has 8 heteroatoms. The van der Waals surface area contributed by atoms with Crippen molar-refractivity contribution in [1.82, 2.24) is 10.3 Å². The van der Waals surface area contributed by atoms with E-state index in [4.69, 9.17) is 10.5 Å². The Morgan fingerprint density at radius 3 is 2.65 bits per heavy atom. The van der Waals surface area contributed by atoms with Crippen molar-refractivity contribution in [3.05, 3.63) is 17.2 Å². The molecule has 23 heavy (non-hydrogen) atoms. The monoisotopic (exact) mass is 336 g/mol. The van der Waals surface area contributed by atoms with Gasteiger partial charge in [0.15, 0.2) is 0 Å². The molecule has 0 bridgehead atoms. The van der Waals surface area contributed by atoms with Crippen LogP contribution in [0, 0.1) is 11.3 Å². The van der Waals surface area contributed by atoms with E-state index in [2.05, 4.69) is 10.3 Å². The second kappa shape index (κ2) is 7.83. The highest BCUT2D eigenvalue weighted by Crippen LogP contribution is 2.24. The number of nitrogens with zero attached hydrogens (tertiary/aromatic N) is 2. The van der Waals surface area contributed by atoms with Crippen LogP contribution in [0.5, 0.6) is 0 Å². The van der Waals surface area contributed by atoms with Gasteiger partial charge in [-0.25, -0.2) is 9.78 Å². The molecule has 1 aromatic heterocycles. The Balaban J connectivity index is 2.92. The predicted molar refractivity (Wildman–Crippen MR) is 87.9 cm³/mol. The number of nitrogens with two attached hydrogens (primary N) is 1. The molecular formula is C15H20N4O3S. The highest BCUT2D eigenvalue weighted by atomic mass is 32.2. The summed E-state index contributed by atoms with van der Waals surface area (Å²) in [6.45, 7) is 7.50. The second-order valence-electron chi connectivity index (χ2n) is 5.69. The third kappa shape index (κ3) is 5.79. The lowest BCUT2D eigenvalue weighted by molar-refractivity contribution is -0.119. The van der Waals surface area contributed by atoms with Crippen LogP contribution in [0.15, 0.2) is 11.1 Å². The van der Waals surface area contributed by atoms with E-state index in [1.54, 1.807) is 6.92 Å². The Kier molecular flexibility index (Phi) is 6.39. The van der Waals surface area contributed by atoms with E-state index in [1.807, 2.05) is 26.8 Å². The van der Waals surface area contributed by atoms with Gasteiger partial charge in [-0.2, -0.15) is 5.26 Å². The van der Waals surface area contributed by atoms with Crippen molar-refractivity contribution in [1.29, 1.82) is 5.26 Å². The number of ether oxygens (including phenoxy) is 1. The quantitative estimate of drug-likeness (QED) is 0.620. The van der Waals surface area contributed by atoms with Gasteiger partial charge in [-0.05, 0) is 33.8 Å². The number of amides is 1. The Hall–Kier alpha value is -2.27. The number of anilines is 1. The minimum Gasteiger partial charge on any atom is -0.462 e. The summed E-state index contributed by atoms with van der Waals surface area (Å²) in [7, 11) is 0. The van der Waals surface area contributed by atoms with Gasteiger partial charge in [-0.3, -0.25) is 4.79 Å². The van der Waals surface area contributed by atoms with Gasteiger partial charge in [0.2, 0.25) is 5.91 Å². The number of carbonyl (C=O) groups excluding carboxylic acids is 2.